The lowest BCUT2D eigenvalue weighted by Gasteiger charge is -2.09. The Morgan fingerprint density at radius 3 is 2.27 bits per heavy atom. The summed E-state index contributed by atoms with van der Waals surface area (Å²) in [5.41, 5.74) is 0.786. The first-order chi connectivity index (χ1) is 12.3. The van der Waals surface area contributed by atoms with Crippen LogP contribution in [0.5, 0.6) is 0 Å². The molecule has 0 aliphatic heterocycles. The monoisotopic (exact) mass is 366 g/mol. The third kappa shape index (κ3) is 7.65. The number of rotatable bonds is 7. The van der Waals surface area contributed by atoms with Gasteiger partial charge in [0.15, 0.2) is 0 Å². The average molecular weight is 366 g/mol. The molecule has 1 aromatic rings. The molecule has 0 aromatic heterocycles. The first-order valence-corrected chi connectivity index (χ1v) is 8.03. The standard InChI is InChI=1S/C17H22N2O7/c1-4-24-15(21)12-5-7-13(8-6-12)19-17(23)25-10-9-18-14(20)16(22)26-11(2)3/h5-8,11H,4,9-10H2,1-3H3,(H,18,20)(H,19,23). The molecule has 0 aliphatic rings. The second kappa shape index (κ2) is 10.7. The highest BCUT2D eigenvalue weighted by Crippen LogP contribution is 2.10. The van der Waals surface area contributed by atoms with Crippen LogP contribution in [0.1, 0.15) is 31.1 Å². The maximum Gasteiger partial charge on any atom is 0.411 e. The Labute approximate surface area is 151 Å². The van der Waals surface area contributed by atoms with E-state index in [9.17, 15) is 19.2 Å². The molecule has 9 nitrogen and oxygen atoms in total. The van der Waals surface area contributed by atoms with Crippen molar-refractivity contribution in [3.63, 3.8) is 0 Å². The molecule has 142 valence electrons. The molecular formula is C17H22N2O7. The number of hydrogen-bond donors (Lipinski definition) is 2. The highest BCUT2D eigenvalue weighted by molar-refractivity contribution is 6.32. The van der Waals surface area contributed by atoms with E-state index in [0.717, 1.165) is 0 Å². The summed E-state index contributed by atoms with van der Waals surface area (Å²) in [5, 5.41) is 4.73. The van der Waals surface area contributed by atoms with Gasteiger partial charge in [0, 0.05) is 5.69 Å². The molecule has 2 N–H and O–H groups in total. The molecule has 0 bridgehead atoms. The fraction of sp³-hybridized carbons (Fsp3) is 0.412. The molecule has 0 heterocycles. The second-order valence-electron chi connectivity index (χ2n) is 5.27. The Morgan fingerprint density at radius 1 is 1.04 bits per heavy atom. The molecule has 26 heavy (non-hydrogen) atoms. The van der Waals surface area contributed by atoms with Crippen molar-refractivity contribution in [2.24, 2.45) is 0 Å². The predicted molar refractivity (Wildman–Crippen MR) is 91.6 cm³/mol. The van der Waals surface area contributed by atoms with E-state index in [4.69, 9.17) is 14.2 Å². The number of anilines is 1. The van der Waals surface area contributed by atoms with Crippen molar-refractivity contribution in [2.45, 2.75) is 26.9 Å². The van der Waals surface area contributed by atoms with Gasteiger partial charge in [-0.05, 0) is 45.0 Å². The highest BCUT2D eigenvalue weighted by Gasteiger charge is 2.16. The minimum atomic E-state index is -0.994. The smallest absolute Gasteiger partial charge is 0.411 e. The van der Waals surface area contributed by atoms with Crippen molar-refractivity contribution < 1.29 is 33.4 Å². The van der Waals surface area contributed by atoms with Gasteiger partial charge < -0.3 is 19.5 Å². The van der Waals surface area contributed by atoms with E-state index in [1.54, 1.807) is 20.8 Å². The Hall–Kier alpha value is -3.10. The number of esters is 2. The number of carbonyl (C=O) groups excluding carboxylic acids is 4. The van der Waals surface area contributed by atoms with Crippen molar-refractivity contribution in [1.82, 2.24) is 5.32 Å². The van der Waals surface area contributed by atoms with Crippen LogP contribution < -0.4 is 10.6 Å². The van der Waals surface area contributed by atoms with E-state index < -0.39 is 30.0 Å². The van der Waals surface area contributed by atoms with Gasteiger partial charge >= 0.3 is 23.9 Å². The maximum absolute atomic E-state index is 11.6. The van der Waals surface area contributed by atoms with E-state index in [-0.39, 0.29) is 19.8 Å². The lowest BCUT2D eigenvalue weighted by atomic mass is 10.2. The zero-order valence-corrected chi connectivity index (χ0v) is 14.9. The molecule has 1 aromatic carbocycles. The van der Waals surface area contributed by atoms with Crippen molar-refractivity contribution in [1.29, 1.82) is 0 Å². The van der Waals surface area contributed by atoms with E-state index in [0.29, 0.717) is 11.3 Å². The molecule has 0 aliphatic carbocycles. The summed E-state index contributed by atoms with van der Waals surface area (Å²) in [6, 6.07) is 6.07. The number of benzene rings is 1. The SMILES string of the molecule is CCOC(=O)c1ccc(NC(=O)OCCNC(=O)C(=O)OC(C)C)cc1. The molecule has 0 saturated carbocycles. The van der Waals surface area contributed by atoms with Crippen LogP contribution in [0.2, 0.25) is 0 Å². The molecule has 0 radical (unpaired) electrons. The van der Waals surface area contributed by atoms with Crippen LogP contribution in [0.25, 0.3) is 0 Å². The van der Waals surface area contributed by atoms with Crippen LogP contribution in [0.3, 0.4) is 0 Å². The fourth-order valence-electron chi connectivity index (χ4n) is 1.71. The quantitative estimate of drug-likeness (QED) is 0.324. The number of nitrogens with one attached hydrogen (secondary N) is 2. The van der Waals surface area contributed by atoms with E-state index in [1.807, 2.05) is 0 Å². The van der Waals surface area contributed by atoms with Gasteiger partial charge in [0.2, 0.25) is 0 Å². The predicted octanol–water partition coefficient (Wildman–Crippen LogP) is 1.48. The third-order valence-electron chi connectivity index (χ3n) is 2.79. The Balaban J connectivity index is 2.31. The Morgan fingerprint density at radius 2 is 1.69 bits per heavy atom. The Bertz CT molecular complexity index is 641. The summed E-state index contributed by atoms with van der Waals surface area (Å²) in [4.78, 5) is 45.8. The summed E-state index contributed by atoms with van der Waals surface area (Å²) < 4.78 is 14.4. The minimum absolute atomic E-state index is 0.0404. The summed E-state index contributed by atoms with van der Waals surface area (Å²) >= 11 is 0. The summed E-state index contributed by atoms with van der Waals surface area (Å²) in [6.45, 7) is 5.06. The van der Waals surface area contributed by atoms with Crippen molar-refractivity contribution in [3.8, 4) is 0 Å². The molecule has 0 saturated heterocycles. The first-order valence-electron chi connectivity index (χ1n) is 8.03. The summed E-state index contributed by atoms with van der Waals surface area (Å²) in [5.74, 6) is -2.35. The lowest BCUT2D eigenvalue weighted by Crippen LogP contribution is -2.36. The van der Waals surface area contributed by atoms with Crippen LogP contribution in [0, 0.1) is 0 Å². The third-order valence-corrected chi connectivity index (χ3v) is 2.79. The summed E-state index contributed by atoms with van der Waals surface area (Å²) in [7, 11) is 0. The lowest BCUT2D eigenvalue weighted by molar-refractivity contribution is -0.157. The van der Waals surface area contributed by atoms with E-state index >= 15 is 0 Å². The van der Waals surface area contributed by atoms with Gasteiger partial charge in [-0.15, -0.1) is 0 Å². The number of ether oxygens (including phenoxy) is 3. The molecule has 0 spiro atoms. The maximum atomic E-state index is 11.6. The number of hydrogen-bond acceptors (Lipinski definition) is 7. The van der Waals surface area contributed by atoms with Crippen molar-refractivity contribution in [2.75, 3.05) is 25.1 Å². The molecule has 2 amide bonds. The summed E-state index contributed by atoms with van der Waals surface area (Å²) in [6.07, 6.45) is -1.14. The minimum Gasteiger partial charge on any atom is -0.462 e. The topological polar surface area (TPSA) is 120 Å². The van der Waals surface area contributed by atoms with Gasteiger partial charge in [0.1, 0.15) is 6.61 Å². The zero-order chi connectivity index (χ0) is 19.5. The molecule has 9 heteroatoms. The molecule has 1 rings (SSSR count). The Kier molecular flexibility index (Phi) is 8.62. The fourth-order valence-corrected chi connectivity index (χ4v) is 1.71. The molecule has 0 unspecified atom stereocenters. The normalized spacial score (nSPS) is 10.0. The van der Waals surface area contributed by atoms with Gasteiger partial charge in [-0.3, -0.25) is 10.1 Å². The molecular weight excluding hydrogens is 344 g/mol. The number of amides is 2. The zero-order valence-electron chi connectivity index (χ0n) is 14.9. The van der Waals surface area contributed by atoms with Gasteiger partial charge in [-0.2, -0.15) is 0 Å². The van der Waals surface area contributed by atoms with Gasteiger partial charge in [0.05, 0.1) is 24.8 Å². The van der Waals surface area contributed by atoms with Crippen molar-refractivity contribution >= 4 is 29.6 Å². The second-order valence-corrected chi connectivity index (χ2v) is 5.27. The van der Waals surface area contributed by atoms with Crippen molar-refractivity contribution in [3.05, 3.63) is 29.8 Å². The van der Waals surface area contributed by atoms with Gasteiger partial charge in [0.25, 0.3) is 0 Å². The first kappa shape index (κ1) is 20.9. The largest absolute Gasteiger partial charge is 0.462 e. The van der Waals surface area contributed by atoms with E-state index in [2.05, 4.69) is 10.6 Å². The van der Waals surface area contributed by atoms with Gasteiger partial charge in [-0.25, -0.2) is 14.4 Å². The van der Waals surface area contributed by atoms with Crippen LogP contribution in [0.4, 0.5) is 10.5 Å². The van der Waals surface area contributed by atoms with Gasteiger partial charge in [-0.1, -0.05) is 0 Å². The van der Waals surface area contributed by atoms with Crippen LogP contribution in [-0.4, -0.2) is 49.8 Å². The molecule has 0 atom stereocenters. The number of carbonyl (C=O) groups is 4. The van der Waals surface area contributed by atoms with Crippen LogP contribution in [-0.2, 0) is 23.8 Å². The molecule has 0 fully saturated rings. The van der Waals surface area contributed by atoms with E-state index in [1.165, 1.54) is 24.3 Å². The van der Waals surface area contributed by atoms with Crippen LogP contribution in [0.15, 0.2) is 24.3 Å². The van der Waals surface area contributed by atoms with Crippen LogP contribution >= 0.6 is 0 Å². The average Bonchev–Trinajstić information content (AvgIpc) is 2.58. The highest BCUT2D eigenvalue weighted by atomic mass is 16.6.